The molecule has 0 bridgehead atoms. The molecule has 96 valence electrons. The molecule has 1 aromatic rings. The Hall–Kier alpha value is -0.930. The van der Waals surface area contributed by atoms with Crippen LogP contribution in [0.25, 0.3) is 0 Å². The molecule has 2 unspecified atom stereocenters. The number of hydrogen-bond acceptors (Lipinski definition) is 2. The number of halogens is 1. The van der Waals surface area contributed by atoms with E-state index in [1.807, 2.05) is 13.0 Å². The Bertz CT molecular complexity index is 330. The Morgan fingerprint density at radius 2 is 2.06 bits per heavy atom. The minimum atomic E-state index is -0.243. The second-order valence-corrected chi connectivity index (χ2v) is 4.32. The van der Waals surface area contributed by atoms with Gasteiger partial charge in [-0.15, -0.1) is 0 Å². The molecular weight excluding hydrogens is 217 g/mol. The standard InChI is InChI=1S/C14H22FNO/c1-3-13(17)8-9-16-14(4-2)11-6-5-7-12(15)10-11/h5-7,10,13-14,16-17H,3-4,8-9H2,1-2H3. The van der Waals surface area contributed by atoms with Crippen LogP contribution in [0.3, 0.4) is 0 Å². The van der Waals surface area contributed by atoms with Gasteiger partial charge in [0.1, 0.15) is 5.82 Å². The van der Waals surface area contributed by atoms with Crippen molar-refractivity contribution in [2.75, 3.05) is 6.54 Å². The van der Waals surface area contributed by atoms with Crippen LogP contribution in [-0.2, 0) is 0 Å². The first-order chi connectivity index (χ1) is 8.17. The first-order valence-corrected chi connectivity index (χ1v) is 6.34. The van der Waals surface area contributed by atoms with E-state index in [-0.39, 0.29) is 18.0 Å². The predicted molar refractivity (Wildman–Crippen MR) is 68.3 cm³/mol. The maximum atomic E-state index is 13.1. The molecule has 17 heavy (non-hydrogen) atoms. The molecule has 0 radical (unpaired) electrons. The minimum absolute atomic E-state index is 0.162. The van der Waals surface area contributed by atoms with E-state index >= 15 is 0 Å². The summed E-state index contributed by atoms with van der Waals surface area (Å²) in [7, 11) is 0. The van der Waals surface area contributed by atoms with Crippen molar-refractivity contribution in [3.05, 3.63) is 35.6 Å². The van der Waals surface area contributed by atoms with E-state index in [1.54, 1.807) is 12.1 Å². The van der Waals surface area contributed by atoms with Crippen molar-refractivity contribution in [3.8, 4) is 0 Å². The van der Waals surface area contributed by atoms with Gasteiger partial charge in [-0.1, -0.05) is 26.0 Å². The molecule has 0 heterocycles. The molecular formula is C14H22FNO. The number of rotatable bonds is 7. The molecule has 0 saturated heterocycles. The van der Waals surface area contributed by atoms with E-state index in [4.69, 9.17) is 0 Å². The molecule has 0 fully saturated rings. The van der Waals surface area contributed by atoms with E-state index < -0.39 is 0 Å². The summed E-state index contributed by atoms with van der Waals surface area (Å²) in [6.07, 6.45) is 2.18. The van der Waals surface area contributed by atoms with Crippen LogP contribution in [-0.4, -0.2) is 17.8 Å². The summed E-state index contributed by atoms with van der Waals surface area (Å²) >= 11 is 0. The largest absolute Gasteiger partial charge is 0.393 e. The van der Waals surface area contributed by atoms with E-state index in [1.165, 1.54) is 6.07 Å². The van der Waals surface area contributed by atoms with Gasteiger partial charge in [0, 0.05) is 6.04 Å². The first-order valence-electron chi connectivity index (χ1n) is 6.34. The fourth-order valence-corrected chi connectivity index (χ4v) is 1.85. The third kappa shape index (κ3) is 4.84. The first kappa shape index (κ1) is 14.1. The monoisotopic (exact) mass is 239 g/mol. The van der Waals surface area contributed by atoms with Crippen LogP contribution < -0.4 is 5.32 Å². The van der Waals surface area contributed by atoms with Crippen LogP contribution in [0.4, 0.5) is 4.39 Å². The molecule has 2 N–H and O–H groups in total. The highest BCUT2D eigenvalue weighted by atomic mass is 19.1. The van der Waals surface area contributed by atoms with Crippen molar-refractivity contribution in [2.24, 2.45) is 0 Å². The number of nitrogens with one attached hydrogen (secondary N) is 1. The molecule has 1 aromatic carbocycles. The van der Waals surface area contributed by atoms with Gasteiger partial charge in [0.25, 0.3) is 0 Å². The Morgan fingerprint density at radius 1 is 1.29 bits per heavy atom. The summed E-state index contributed by atoms with van der Waals surface area (Å²) in [6.45, 7) is 4.79. The van der Waals surface area contributed by atoms with Crippen LogP contribution in [0.15, 0.2) is 24.3 Å². The molecule has 1 rings (SSSR count). The lowest BCUT2D eigenvalue weighted by atomic mass is 10.0. The maximum absolute atomic E-state index is 13.1. The Balaban J connectivity index is 2.48. The van der Waals surface area contributed by atoms with Crippen LogP contribution in [0, 0.1) is 5.82 Å². The van der Waals surface area contributed by atoms with E-state index in [2.05, 4.69) is 12.2 Å². The third-order valence-corrected chi connectivity index (χ3v) is 3.00. The van der Waals surface area contributed by atoms with Crippen LogP contribution >= 0.6 is 0 Å². The SMILES string of the molecule is CCC(O)CCNC(CC)c1cccc(F)c1. The summed E-state index contributed by atoms with van der Waals surface area (Å²) in [5.74, 6) is -0.198. The van der Waals surface area contributed by atoms with Crippen LogP contribution in [0.5, 0.6) is 0 Å². The van der Waals surface area contributed by atoms with Gasteiger partial charge in [-0.2, -0.15) is 0 Å². The Kier molecular flexibility index (Phi) is 6.16. The van der Waals surface area contributed by atoms with Crippen molar-refractivity contribution in [1.29, 1.82) is 0 Å². The third-order valence-electron chi connectivity index (χ3n) is 3.00. The van der Waals surface area contributed by atoms with Crippen molar-refractivity contribution in [1.82, 2.24) is 5.32 Å². The number of aliphatic hydroxyl groups excluding tert-OH is 1. The zero-order chi connectivity index (χ0) is 12.7. The molecule has 2 atom stereocenters. The van der Waals surface area contributed by atoms with Crippen molar-refractivity contribution < 1.29 is 9.50 Å². The van der Waals surface area contributed by atoms with Gasteiger partial charge >= 0.3 is 0 Å². The Labute approximate surface area is 103 Å². The topological polar surface area (TPSA) is 32.3 Å². The van der Waals surface area contributed by atoms with Crippen molar-refractivity contribution in [2.45, 2.75) is 45.3 Å². The summed E-state index contributed by atoms with van der Waals surface area (Å²) in [4.78, 5) is 0. The molecule has 0 amide bonds. The molecule has 0 spiro atoms. The molecule has 3 heteroatoms. The number of hydrogen-bond donors (Lipinski definition) is 2. The second-order valence-electron chi connectivity index (χ2n) is 4.32. The van der Waals surface area contributed by atoms with Crippen molar-refractivity contribution in [3.63, 3.8) is 0 Å². The fourth-order valence-electron chi connectivity index (χ4n) is 1.85. The smallest absolute Gasteiger partial charge is 0.123 e. The van der Waals surface area contributed by atoms with E-state index in [0.717, 1.165) is 31.4 Å². The van der Waals surface area contributed by atoms with Crippen LogP contribution in [0.1, 0.15) is 44.7 Å². The summed E-state index contributed by atoms with van der Waals surface area (Å²) in [5, 5.41) is 12.8. The normalized spacial score (nSPS) is 14.6. The average molecular weight is 239 g/mol. The number of benzene rings is 1. The van der Waals surface area contributed by atoms with Gasteiger partial charge in [-0.3, -0.25) is 0 Å². The van der Waals surface area contributed by atoms with Gasteiger partial charge in [0.15, 0.2) is 0 Å². The molecule has 0 aromatic heterocycles. The lowest BCUT2D eigenvalue weighted by Crippen LogP contribution is -2.24. The lowest BCUT2D eigenvalue weighted by molar-refractivity contribution is 0.158. The molecule has 0 aliphatic heterocycles. The molecule has 2 nitrogen and oxygen atoms in total. The molecule has 0 saturated carbocycles. The van der Waals surface area contributed by atoms with E-state index in [9.17, 15) is 9.50 Å². The summed E-state index contributed by atoms with van der Waals surface area (Å²) in [5.41, 5.74) is 0.971. The van der Waals surface area contributed by atoms with Gasteiger partial charge in [0.05, 0.1) is 6.10 Å². The molecule has 0 aliphatic carbocycles. The highest BCUT2D eigenvalue weighted by Crippen LogP contribution is 2.17. The van der Waals surface area contributed by atoms with Crippen molar-refractivity contribution >= 4 is 0 Å². The lowest BCUT2D eigenvalue weighted by Gasteiger charge is -2.18. The quantitative estimate of drug-likeness (QED) is 0.766. The zero-order valence-electron chi connectivity index (χ0n) is 10.6. The fraction of sp³-hybridized carbons (Fsp3) is 0.571. The average Bonchev–Trinajstić information content (AvgIpc) is 2.34. The second kappa shape index (κ2) is 7.41. The maximum Gasteiger partial charge on any atom is 0.123 e. The van der Waals surface area contributed by atoms with Crippen LogP contribution in [0.2, 0.25) is 0 Å². The Morgan fingerprint density at radius 3 is 2.65 bits per heavy atom. The summed E-state index contributed by atoms with van der Waals surface area (Å²) in [6, 6.07) is 6.85. The minimum Gasteiger partial charge on any atom is -0.393 e. The molecule has 0 aliphatic rings. The number of aliphatic hydroxyl groups is 1. The van der Waals surface area contributed by atoms with E-state index in [0.29, 0.717) is 0 Å². The van der Waals surface area contributed by atoms with Gasteiger partial charge in [-0.05, 0) is 43.5 Å². The van der Waals surface area contributed by atoms with Gasteiger partial charge in [-0.25, -0.2) is 4.39 Å². The zero-order valence-corrected chi connectivity index (χ0v) is 10.6. The predicted octanol–water partition coefficient (Wildman–Crippen LogP) is 3.03. The van der Waals surface area contributed by atoms with Gasteiger partial charge in [0.2, 0.25) is 0 Å². The van der Waals surface area contributed by atoms with Gasteiger partial charge < -0.3 is 10.4 Å². The highest BCUT2D eigenvalue weighted by Gasteiger charge is 2.09. The summed E-state index contributed by atoms with van der Waals surface area (Å²) < 4.78 is 13.1. The highest BCUT2D eigenvalue weighted by molar-refractivity contribution is 5.19.